The van der Waals surface area contributed by atoms with Crippen LogP contribution in [0.1, 0.15) is 47.0 Å². The third-order valence-electron chi connectivity index (χ3n) is 3.81. The molecule has 0 aromatic heterocycles. The van der Waals surface area contributed by atoms with Crippen molar-refractivity contribution in [1.82, 2.24) is 0 Å². The molecule has 0 aliphatic carbocycles. The van der Waals surface area contributed by atoms with E-state index in [1.54, 1.807) is 0 Å². The molecule has 3 nitrogen and oxygen atoms in total. The van der Waals surface area contributed by atoms with Gasteiger partial charge in [-0.25, -0.2) is 0 Å². The molecule has 3 heteroatoms. The molecule has 2 saturated heterocycles. The van der Waals surface area contributed by atoms with Gasteiger partial charge < -0.3 is 14.6 Å². The van der Waals surface area contributed by atoms with Crippen LogP contribution in [0.25, 0.3) is 0 Å². The molecule has 2 aliphatic rings. The lowest BCUT2D eigenvalue weighted by atomic mass is 9.80. The summed E-state index contributed by atoms with van der Waals surface area (Å²) in [7, 11) is 0. The van der Waals surface area contributed by atoms with Crippen molar-refractivity contribution in [1.29, 1.82) is 0 Å². The number of rotatable bonds is 1. The van der Waals surface area contributed by atoms with Gasteiger partial charge in [0.25, 0.3) is 0 Å². The Morgan fingerprint density at radius 1 is 1.27 bits per heavy atom. The molecule has 0 unspecified atom stereocenters. The van der Waals surface area contributed by atoms with Gasteiger partial charge in [0.2, 0.25) is 0 Å². The van der Waals surface area contributed by atoms with E-state index in [0.717, 1.165) is 19.3 Å². The van der Waals surface area contributed by atoms with Gasteiger partial charge >= 0.3 is 0 Å². The first-order chi connectivity index (χ1) is 6.80. The second-order valence-corrected chi connectivity index (χ2v) is 6.00. The van der Waals surface area contributed by atoms with E-state index in [4.69, 9.17) is 14.6 Å². The fraction of sp³-hybridized carbons (Fsp3) is 1.00. The Morgan fingerprint density at radius 3 is 2.33 bits per heavy atom. The van der Waals surface area contributed by atoms with E-state index < -0.39 is 0 Å². The third kappa shape index (κ3) is 1.71. The van der Waals surface area contributed by atoms with E-state index in [1.807, 2.05) is 0 Å². The maximum absolute atomic E-state index is 9.14. The second-order valence-electron chi connectivity index (χ2n) is 6.00. The van der Waals surface area contributed by atoms with Gasteiger partial charge in [-0.05, 0) is 40.5 Å². The van der Waals surface area contributed by atoms with E-state index in [0.29, 0.717) is 0 Å². The molecule has 0 amide bonds. The molecule has 15 heavy (non-hydrogen) atoms. The van der Waals surface area contributed by atoms with Crippen LogP contribution in [0.3, 0.4) is 0 Å². The van der Waals surface area contributed by atoms with Crippen molar-refractivity contribution >= 4 is 0 Å². The minimum absolute atomic E-state index is 0.00164. The van der Waals surface area contributed by atoms with Crippen LogP contribution in [-0.2, 0) is 9.47 Å². The summed E-state index contributed by atoms with van der Waals surface area (Å²) in [5, 5.41) is 9.14. The number of hydrogen-bond acceptors (Lipinski definition) is 3. The van der Waals surface area contributed by atoms with Crippen LogP contribution in [0.2, 0.25) is 0 Å². The smallest absolute Gasteiger partial charge is 0.0998 e. The highest BCUT2D eigenvalue weighted by Crippen LogP contribution is 2.53. The average molecular weight is 214 g/mol. The monoisotopic (exact) mass is 214 g/mol. The Morgan fingerprint density at radius 2 is 1.93 bits per heavy atom. The molecular weight excluding hydrogens is 192 g/mol. The fourth-order valence-electron chi connectivity index (χ4n) is 3.25. The highest BCUT2D eigenvalue weighted by atomic mass is 16.6. The Hall–Kier alpha value is -0.120. The average Bonchev–Trinajstić information content (AvgIpc) is 2.53. The van der Waals surface area contributed by atoms with Crippen molar-refractivity contribution in [3.8, 4) is 0 Å². The number of ether oxygens (including phenoxy) is 2. The largest absolute Gasteiger partial charge is 0.394 e. The van der Waals surface area contributed by atoms with Crippen molar-refractivity contribution < 1.29 is 14.6 Å². The highest BCUT2D eigenvalue weighted by Gasteiger charge is 2.60. The number of aliphatic hydroxyl groups is 1. The summed E-state index contributed by atoms with van der Waals surface area (Å²) in [5.41, 5.74) is -0.557. The maximum atomic E-state index is 9.14. The molecule has 0 bridgehead atoms. The summed E-state index contributed by atoms with van der Waals surface area (Å²) in [4.78, 5) is 0. The molecule has 2 fully saturated rings. The zero-order valence-electron chi connectivity index (χ0n) is 10.2. The lowest BCUT2D eigenvalue weighted by Gasteiger charge is -2.36. The molecule has 1 spiro atoms. The lowest BCUT2D eigenvalue weighted by molar-refractivity contribution is -0.150. The summed E-state index contributed by atoms with van der Waals surface area (Å²) < 4.78 is 12.1. The fourth-order valence-corrected chi connectivity index (χ4v) is 3.25. The Bertz CT molecular complexity index is 260. The predicted molar refractivity (Wildman–Crippen MR) is 57.8 cm³/mol. The quantitative estimate of drug-likeness (QED) is 0.724. The van der Waals surface area contributed by atoms with Gasteiger partial charge in [0.1, 0.15) is 0 Å². The first kappa shape index (κ1) is 11.4. The molecule has 0 aromatic rings. The van der Waals surface area contributed by atoms with Gasteiger partial charge in [-0.1, -0.05) is 0 Å². The summed E-state index contributed by atoms with van der Waals surface area (Å²) in [6, 6.07) is 0. The Kier molecular flexibility index (Phi) is 2.42. The van der Waals surface area contributed by atoms with E-state index in [1.165, 1.54) is 0 Å². The number of hydrogen-bond donors (Lipinski definition) is 1. The zero-order valence-corrected chi connectivity index (χ0v) is 10.2. The molecule has 88 valence electrons. The van der Waals surface area contributed by atoms with Gasteiger partial charge in [-0.2, -0.15) is 0 Å². The second kappa shape index (κ2) is 3.19. The zero-order chi connectivity index (χ0) is 11.3. The summed E-state index contributed by atoms with van der Waals surface area (Å²) >= 11 is 0. The van der Waals surface area contributed by atoms with Crippen LogP contribution in [0.5, 0.6) is 0 Å². The van der Waals surface area contributed by atoms with E-state index in [2.05, 4.69) is 27.7 Å². The summed E-state index contributed by atoms with van der Waals surface area (Å²) in [6.07, 6.45) is 2.86. The van der Waals surface area contributed by atoms with Gasteiger partial charge in [-0.3, -0.25) is 0 Å². The van der Waals surface area contributed by atoms with Crippen molar-refractivity contribution in [2.45, 2.75) is 69.9 Å². The molecule has 2 heterocycles. The van der Waals surface area contributed by atoms with Gasteiger partial charge in [0, 0.05) is 6.42 Å². The molecule has 0 saturated carbocycles. The predicted octanol–water partition coefficient (Wildman–Crippen LogP) is 1.87. The topological polar surface area (TPSA) is 38.7 Å². The molecule has 2 aliphatic heterocycles. The minimum Gasteiger partial charge on any atom is -0.394 e. The van der Waals surface area contributed by atoms with Crippen LogP contribution in [0.4, 0.5) is 0 Å². The van der Waals surface area contributed by atoms with Crippen LogP contribution in [-0.4, -0.2) is 34.6 Å². The molecule has 1 N–H and O–H groups in total. The van der Waals surface area contributed by atoms with Crippen molar-refractivity contribution in [3.05, 3.63) is 0 Å². The van der Waals surface area contributed by atoms with Gasteiger partial charge in [0.05, 0.1) is 29.5 Å². The van der Waals surface area contributed by atoms with E-state index in [-0.39, 0.29) is 29.5 Å². The summed E-state index contributed by atoms with van der Waals surface area (Å²) in [6.45, 7) is 8.54. The number of aliphatic hydroxyl groups excluding tert-OH is 1. The molecule has 2 rings (SSSR count). The molecule has 0 radical (unpaired) electrons. The van der Waals surface area contributed by atoms with E-state index >= 15 is 0 Å². The van der Waals surface area contributed by atoms with Crippen molar-refractivity contribution in [2.75, 3.05) is 6.61 Å². The van der Waals surface area contributed by atoms with Gasteiger partial charge in [0.15, 0.2) is 0 Å². The third-order valence-corrected chi connectivity index (χ3v) is 3.81. The minimum atomic E-state index is -0.250. The Balaban J connectivity index is 2.22. The van der Waals surface area contributed by atoms with Crippen LogP contribution in [0, 0.1) is 0 Å². The van der Waals surface area contributed by atoms with Crippen molar-refractivity contribution in [2.24, 2.45) is 0 Å². The Labute approximate surface area is 91.8 Å². The van der Waals surface area contributed by atoms with Crippen LogP contribution < -0.4 is 0 Å². The standard InChI is InChI=1S/C12H22O3/c1-10(2)8-12(11(3,4)15-10)6-5-9(7-13)14-12/h9,13H,5-8H2,1-4H3/t9-,12+/m0/s1. The SMILES string of the molecule is CC1(C)C[C@]2(CC[C@@H](CO)O2)C(C)(C)O1. The first-order valence-electron chi connectivity index (χ1n) is 5.79. The van der Waals surface area contributed by atoms with Crippen molar-refractivity contribution in [3.63, 3.8) is 0 Å². The molecule has 2 atom stereocenters. The molecule has 0 aromatic carbocycles. The normalized spacial score (nSPS) is 42.6. The maximum Gasteiger partial charge on any atom is 0.0998 e. The van der Waals surface area contributed by atoms with Crippen LogP contribution >= 0.6 is 0 Å². The summed E-state index contributed by atoms with van der Waals surface area (Å²) in [5.74, 6) is 0. The van der Waals surface area contributed by atoms with Crippen LogP contribution in [0.15, 0.2) is 0 Å². The molecular formula is C12H22O3. The first-order valence-corrected chi connectivity index (χ1v) is 5.79. The van der Waals surface area contributed by atoms with Gasteiger partial charge in [-0.15, -0.1) is 0 Å². The highest BCUT2D eigenvalue weighted by molar-refractivity contribution is 5.10. The van der Waals surface area contributed by atoms with E-state index in [9.17, 15) is 0 Å². The lowest BCUT2D eigenvalue weighted by Crippen LogP contribution is -2.46.